The van der Waals surface area contributed by atoms with E-state index in [4.69, 9.17) is 0 Å². The van der Waals surface area contributed by atoms with Gasteiger partial charge in [0.15, 0.2) is 0 Å². The number of hydrogen-bond donors (Lipinski definition) is 1. The maximum atomic E-state index is 10.2. The smallest absolute Gasteiger partial charge is 0.0795 e. The van der Waals surface area contributed by atoms with E-state index < -0.39 is 0 Å². The Labute approximate surface area is 107 Å². The molecule has 0 heterocycles. The van der Waals surface area contributed by atoms with Crippen LogP contribution in [0.4, 0.5) is 0 Å². The number of hydrogen-bond acceptors (Lipinski definition) is 1. The molecule has 0 aliphatic heterocycles. The fourth-order valence-corrected chi connectivity index (χ4v) is 2.55. The third kappa shape index (κ3) is 3.60. The predicted octanol–water partition coefficient (Wildman–Crippen LogP) is 4.62. The Balaban J connectivity index is 2.76. The highest BCUT2D eigenvalue weighted by molar-refractivity contribution is 9.10. The van der Waals surface area contributed by atoms with Gasteiger partial charge in [0.1, 0.15) is 0 Å². The van der Waals surface area contributed by atoms with Gasteiger partial charge in [0.05, 0.1) is 6.10 Å². The van der Waals surface area contributed by atoms with Gasteiger partial charge < -0.3 is 5.11 Å². The summed E-state index contributed by atoms with van der Waals surface area (Å²) in [5.74, 6) is 0.623. The lowest BCUT2D eigenvalue weighted by Gasteiger charge is -2.19. The average molecular weight is 285 g/mol. The van der Waals surface area contributed by atoms with Crippen molar-refractivity contribution in [3.05, 3.63) is 33.8 Å². The van der Waals surface area contributed by atoms with Crippen LogP contribution in [0.3, 0.4) is 0 Å². The molecule has 0 aliphatic rings. The first-order valence-corrected chi connectivity index (χ1v) is 6.81. The van der Waals surface area contributed by atoms with Crippen LogP contribution in [0.15, 0.2) is 22.7 Å². The van der Waals surface area contributed by atoms with E-state index in [1.807, 2.05) is 12.1 Å². The molecule has 1 nitrogen and oxygen atoms in total. The van der Waals surface area contributed by atoms with Crippen molar-refractivity contribution in [2.45, 2.75) is 46.1 Å². The van der Waals surface area contributed by atoms with Gasteiger partial charge in [-0.05, 0) is 42.5 Å². The lowest BCUT2D eigenvalue weighted by molar-refractivity contribution is 0.140. The summed E-state index contributed by atoms with van der Waals surface area (Å²) in [4.78, 5) is 0. The zero-order valence-electron chi connectivity index (χ0n) is 10.3. The molecule has 1 unspecified atom stereocenters. The quantitative estimate of drug-likeness (QED) is 0.837. The van der Waals surface area contributed by atoms with E-state index >= 15 is 0 Å². The molecule has 1 N–H and O–H groups in total. The second-order valence-corrected chi connectivity index (χ2v) is 5.35. The molecular weight excluding hydrogens is 264 g/mol. The number of rotatable bonds is 5. The summed E-state index contributed by atoms with van der Waals surface area (Å²) >= 11 is 3.44. The van der Waals surface area contributed by atoms with Crippen molar-refractivity contribution in [2.75, 3.05) is 0 Å². The van der Waals surface area contributed by atoms with Gasteiger partial charge in [-0.2, -0.15) is 0 Å². The first-order chi connectivity index (χ1) is 7.58. The zero-order valence-corrected chi connectivity index (χ0v) is 11.9. The fourth-order valence-electron chi connectivity index (χ4n) is 2.08. The Morgan fingerprint density at radius 3 is 2.38 bits per heavy atom. The summed E-state index contributed by atoms with van der Waals surface area (Å²) in [6, 6.07) is 6.08. The van der Waals surface area contributed by atoms with Crippen molar-refractivity contribution in [3.8, 4) is 0 Å². The Kier molecular flexibility index (Phi) is 5.50. The summed E-state index contributed by atoms with van der Waals surface area (Å²) < 4.78 is 1.07. The number of aryl methyl sites for hydroxylation is 1. The molecule has 0 amide bonds. The summed E-state index contributed by atoms with van der Waals surface area (Å²) in [5.41, 5.74) is 2.22. The molecule has 1 aromatic carbocycles. The van der Waals surface area contributed by atoms with Crippen LogP contribution in [0.1, 0.15) is 50.3 Å². The van der Waals surface area contributed by atoms with Crippen LogP contribution in [0.25, 0.3) is 0 Å². The second kappa shape index (κ2) is 6.41. The first-order valence-electron chi connectivity index (χ1n) is 6.02. The monoisotopic (exact) mass is 284 g/mol. The molecular formula is C14H21BrO. The van der Waals surface area contributed by atoms with Crippen molar-refractivity contribution in [2.24, 2.45) is 5.92 Å². The minimum absolute atomic E-state index is 0.321. The molecule has 0 aliphatic carbocycles. The predicted molar refractivity (Wildman–Crippen MR) is 72.5 cm³/mol. The van der Waals surface area contributed by atoms with Crippen LogP contribution in [0.2, 0.25) is 0 Å². The summed E-state index contributed by atoms with van der Waals surface area (Å²) in [6.07, 6.45) is 2.83. The van der Waals surface area contributed by atoms with Crippen molar-refractivity contribution in [1.82, 2.24) is 0 Å². The molecule has 0 spiro atoms. The topological polar surface area (TPSA) is 20.2 Å². The first kappa shape index (κ1) is 13.7. The molecule has 0 saturated carbocycles. The van der Waals surface area contributed by atoms with Gasteiger partial charge in [-0.15, -0.1) is 0 Å². The van der Waals surface area contributed by atoms with E-state index in [0.717, 1.165) is 34.9 Å². The molecule has 1 aromatic rings. The SMILES string of the molecule is CCC(CC)CC(O)c1ccc(Br)cc1C. The van der Waals surface area contributed by atoms with Crippen LogP contribution in [0.5, 0.6) is 0 Å². The maximum absolute atomic E-state index is 10.2. The number of aliphatic hydroxyl groups excluding tert-OH is 1. The molecule has 1 atom stereocenters. The van der Waals surface area contributed by atoms with Crippen LogP contribution in [-0.4, -0.2) is 5.11 Å². The Morgan fingerprint density at radius 2 is 1.88 bits per heavy atom. The van der Waals surface area contributed by atoms with Gasteiger partial charge >= 0.3 is 0 Å². The highest BCUT2D eigenvalue weighted by atomic mass is 79.9. The van der Waals surface area contributed by atoms with Gasteiger partial charge in [0, 0.05) is 4.47 Å². The minimum Gasteiger partial charge on any atom is -0.388 e. The van der Waals surface area contributed by atoms with Gasteiger partial charge in [0.25, 0.3) is 0 Å². The van der Waals surface area contributed by atoms with E-state index in [9.17, 15) is 5.11 Å². The minimum atomic E-state index is -0.321. The Bertz CT molecular complexity index is 332. The van der Waals surface area contributed by atoms with E-state index in [2.05, 4.69) is 42.8 Å². The Hall–Kier alpha value is -0.340. The molecule has 2 heteroatoms. The van der Waals surface area contributed by atoms with Crippen molar-refractivity contribution in [3.63, 3.8) is 0 Å². The summed E-state index contributed by atoms with van der Waals surface area (Å²) in [5, 5.41) is 10.2. The van der Waals surface area contributed by atoms with Crippen LogP contribution >= 0.6 is 15.9 Å². The van der Waals surface area contributed by atoms with E-state index in [1.54, 1.807) is 0 Å². The lowest BCUT2D eigenvalue weighted by atomic mass is 9.91. The number of aliphatic hydroxyl groups is 1. The molecule has 0 bridgehead atoms. The average Bonchev–Trinajstić information content (AvgIpc) is 2.25. The van der Waals surface area contributed by atoms with Crippen molar-refractivity contribution in [1.29, 1.82) is 0 Å². The summed E-state index contributed by atoms with van der Waals surface area (Å²) in [6.45, 7) is 6.43. The zero-order chi connectivity index (χ0) is 12.1. The standard InChI is InChI=1S/C14H21BrO/c1-4-11(5-2)9-14(16)13-7-6-12(15)8-10(13)3/h6-8,11,14,16H,4-5,9H2,1-3H3. The third-order valence-corrected chi connectivity index (χ3v) is 3.80. The van der Waals surface area contributed by atoms with Crippen molar-refractivity contribution >= 4 is 15.9 Å². The second-order valence-electron chi connectivity index (χ2n) is 4.43. The molecule has 1 rings (SSSR count). The van der Waals surface area contributed by atoms with E-state index in [0.29, 0.717) is 5.92 Å². The number of halogens is 1. The highest BCUT2D eigenvalue weighted by Gasteiger charge is 2.15. The molecule has 0 saturated heterocycles. The Morgan fingerprint density at radius 1 is 1.25 bits per heavy atom. The largest absolute Gasteiger partial charge is 0.388 e. The van der Waals surface area contributed by atoms with E-state index in [1.165, 1.54) is 0 Å². The fraction of sp³-hybridized carbons (Fsp3) is 0.571. The lowest BCUT2D eigenvalue weighted by Crippen LogP contribution is -2.07. The van der Waals surface area contributed by atoms with Crippen LogP contribution < -0.4 is 0 Å². The van der Waals surface area contributed by atoms with Crippen LogP contribution in [0, 0.1) is 12.8 Å². The van der Waals surface area contributed by atoms with Gasteiger partial charge in [-0.1, -0.05) is 48.7 Å². The molecule has 0 fully saturated rings. The van der Waals surface area contributed by atoms with Gasteiger partial charge in [0.2, 0.25) is 0 Å². The third-order valence-electron chi connectivity index (χ3n) is 3.30. The van der Waals surface area contributed by atoms with Crippen LogP contribution in [-0.2, 0) is 0 Å². The van der Waals surface area contributed by atoms with Gasteiger partial charge in [-0.3, -0.25) is 0 Å². The molecule has 0 aromatic heterocycles. The van der Waals surface area contributed by atoms with Gasteiger partial charge in [-0.25, -0.2) is 0 Å². The molecule has 0 radical (unpaired) electrons. The normalized spacial score (nSPS) is 13.1. The summed E-state index contributed by atoms with van der Waals surface area (Å²) in [7, 11) is 0. The molecule has 16 heavy (non-hydrogen) atoms. The van der Waals surface area contributed by atoms with Crippen molar-refractivity contribution < 1.29 is 5.11 Å². The highest BCUT2D eigenvalue weighted by Crippen LogP contribution is 2.28. The maximum Gasteiger partial charge on any atom is 0.0795 e. The van der Waals surface area contributed by atoms with E-state index in [-0.39, 0.29) is 6.10 Å². The molecule has 90 valence electrons. The number of benzene rings is 1.